The molecule has 18 heavy (non-hydrogen) atoms. The molecule has 3 rings (SSSR count). The lowest BCUT2D eigenvalue weighted by molar-refractivity contribution is 0.173. The number of benzene rings is 1. The van der Waals surface area contributed by atoms with E-state index in [0.29, 0.717) is 5.02 Å². The molecule has 2 N–H and O–H groups in total. The Morgan fingerprint density at radius 2 is 1.94 bits per heavy atom. The first-order valence-corrected chi connectivity index (χ1v) is 6.88. The van der Waals surface area contributed by atoms with Crippen molar-refractivity contribution >= 4 is 11.6 Å². The lowest BCUT2D eigenvalue weighted by Crippen LogP contribution is -2.39. The number of nitrogens with two attached hydrogens (primary N) is 1. The molecule has 0 atom stereocenters. The minimum Gasteiger partial charge on any atom is -0.454 e. The predicted octanol–water partition coefficient (Wildman–Crippen LogP) is 3.50. The normalized spacial score (nSPS) is 21.1. The summed E-state index contributed by atoms with van der Waals surface area (Å²) >= 11 is 6.42. The summed E-state index contributed by atoms with van der Waals surface area (Å²) in [5, 5.41) is 0.709. The number of halogens is 1. The van der Waals surface area contributed by atoms with Crippen molar-refractivity contribution in [2.75, 3.05) is 6.79 Å². The molecule has 0 unspecified atom stereocenters. The molecule has 3 nitrogen and oxygen atoms in total. The van der Waals surface area contributed by atoms with Crippen LogP contribution in [0.25, 0.3) is 0 Å². The Hall–Kier alpha value is -0.930. The zero-order valence-electron chi connectivity index (χ0n) is 10.6. The number of rotatable bonds is 1. The van der Waals surface area contributed by atoms with Crippen LogP contribution in [-0.2, 0) is 5.54 Å². The Kier molecular flexibility index (Phi) is 2.91. The zero-order chi connectivity index (χ0) is 12.8. The molecule has 0 saturated heterocycles. The van der Waals surface area contributed by atoms with E-state index in [2.05, 4.69) is 0 Å². The average Bonchev–Trinajstić information content (AvgIpc) is 2.77. The molecule has 0 amide bonds. The van der Waals surface area contributed by atoms with Crippen LogP contribution in [0.5, 0.6) is 11.5 Å². The first-order valence-electron chi connectivity index (χ1n) is 6.50. The lowest BCUT2D eigenvalue weighted by Gasteiger charge is -2.36. The van der Waals surface area contributed by atoms with E-state index in [0.717, 1.165) is 35.5 Å². The van der Waals surface area contributed by atoms with Crippen LogP contribution in [0.3, 0.4) is 0 Å². The van der Waals surface area contributed by atoms with Gasteiger partial charge in [-0.05, 0) is 25.3 Å². The van der Waals surface area contributed by atoms with Gasteiger partial charge in [-0.3, -0.25) is 0 Å². The predicted molar refractivity (Wildman–Crippen MR) is 71.3 cm³/mol. The molecule has 98 valence electrons. The molecule has 1 aliphatic heterocycles. The van der Waals surface area contributed by atoms with Gasteiger partial charge in [-0.25, -0.2) is 0 Å². The molecule has 1 saturated carbocycles. The molecule has 1 aromatic rings. The molecule has 0 spiro atoms. The molecular weight excluding hydrogens is 250 g/mol. The second-order valence-electron chi connectivity index (χ2n) is 5.31. The Morgan fingerprint density at radius 1 is 1.22 bits per heavy atom. The maximum atomic E-state index is 6.60. The van der Waals surface area contributed by atoms with E-state index in [1.54, 1.807) is 0 Å². The fourth-order valence-electron chi connectivity index (χ4n) is 3.21. The molecule has 1 aromatic carbocycles. The first kappa shape index (κ1) is 12.1. The Balaban J connectivity index is 2.11. The Labute approximate surface area is 112 Å². The average molecular weight is 268 g/mol. The highest BCUT2D eigenvalue weighted by molar-refractivity contribution is 6.31. The van der Waals surface area contributed by atoms with Crippen LogP contribution in [0.15, 0.2) is 6.07 Å². The van der Waals surface area contributed by atoms with E-state index in [-0.39, 0.29) is 12.3 Å². The number of fused-ring (bicyclic) bond motifs is 1. The summed E-state index contributed by atoms with van der Waals surface area (Å²) in [7, 11) is 0. The smallest absolute Gasteiger partial charge is 0.231 e. The third-order valence-corrected chi connectivity index (χ3v) is 4.40. The van der Waals surface area contributed by atoms with E-state index in [1.165, 1.54) is 19.3 Å². The third-order valence-electron chi connectivity index (χ3n) is 4.10. The van der Waals surface area contributed by atoms with Gasteiger partial charge in [0.05, 0.1) is 0 Å². The van der Waals surface area contributed by atoms with Gasteiger partial charge in [-0.15, -0.1) is 0 Å². The van der Waals surface area contributed by atoms with Crippen molar-refractivity contribution in [3.63, 3.8) is 0 Å². The van der Waals surface area contributed by atoms with Crippen LogP contribution < -0.4 is 15.2 Å². The van der Waals surface area contributed by atoms with Gasteiger partial charge in [0.25, 0.3) is 0 Å². The van der Waals surface area contributed by atoms with E-state index < -0.39 is 0 Å². The van der Waals surface area contributed by atoms with E-state index in [4.69, 9.17) is 26.8 Å². The minimum atomic E-state index is -0.305. The summed E-state index contributed by atoms with van der Waals surface area (Å²) in [5.41, 5.74) is 8.38. The summed E-state index contributed by atoms with van der Waals surface area (Å²) in [4.78, 5) is 0. The van der Waals surface area contributed by atoms with Crippen LogP contribution in [0.2, 0.25) is 5.02 Å². The van der Waals surface area contributed by atoms with Crippen molar-refractivity contribution in [3.05, 3.63) is 22.2 Å². The Bertz CT molecular complexity index is 481. The van der Waals surface area contributed by atoms with Gasteiger partial charge in [0.1, 0.15) is 0 Å². The topological polar surface area (TPSA) is 44.5 Å². The van der Waals surface area contributed by atoms with Crippen molar-refractivity contribution < 1.29 is 9.47 Å². The first-order chi connectivity index (χ1) is 8.62. The van der Waals surface area contributed by atoms with Crippen molar-refractivity contribution in [1.82, 2.24) is 0 Å². The third kappa shape index (κ3) is 1.77. The maximum absolute atomic E-state index is 6.60. The van der Waals surface area contributed by atoms with Crippen molar-refractivity contribution in [3.8, 4) is 11.5 Å². The highest BCUT2D eigenvalue weighted by Gasteiger charge is 2.35. The van der Waals surface area contributed by atoms with Gasteiger partial charge in [0.2, 0.25) is 6.79 Å². The summed E-state index contributed by atoms with van der Waals surface area (Å²) < 4.78 is 10.9. The maximum Gasteiger partial charge on any atom is 0.231 e. The van der Waals surface area contributed by atoms with Crippen molar-refractivity contribution in [2.24, 2.45) is 5.73 Å². The fourth-order valence-corrected chi connectivity index (χ4v) is 3.64. The highest BCUT2D eigenvalue weighted by atomic mass is 35.5. The summed E-state index contributed by atoms with van der Waals surface area (Å²) in [6.07, 6.45) is 5.59. The number of ether oxygens (including phenoxy) is 2. The summed E-state index contributed by atoms with van der Waals surface area (Å²) in [6.45, 7) is 2.30. The zero-order valence-corrected chi connectivity index (χ0v) is 11.3. The van der Waals surface area contributed by atoms with Crippen LogP contribution in [0, 0.1) is 6.92 Å². The second-order valence-corrected chi connectivity index (χ2v) is 5.72. The van der Waals surface area contributed by atoms with Crippen LogP contribution in [0.4, 0.5) is 0 Å². The van der Waals surface area contributed by atoms with E-state index in [1.807, 2.05) is 13.0 Å². The van der Waals surface area contributed by atoms with Crippen molar-refractivity contribution in [1.29, 1.82) is 0 Å². The second kappa shape index (κ2) is 4.32. The Morgan fingerprint density at radius 3 is 2.67 bits per heavy atom. The van der Waals surface area contributed by atoms with Gasteiger partial charge in [0.15, 0.2) is 11.5 Å². The molecule has 1 heterocycles. The number of hydrogen-bond donors (Lipinski definition) is 1. The highest BCUT2D eigenvalue weighted by Crippen LogP contribution is 2.47. The lowest BCUT2D eigenvalue weighted by atomic mass is 9.75. The van der Waals surface area contributed by atoms with Crippen LogP contribution in [0.1, 0.15) is 43.2 Å². The van der Waals surface area contributed by atoms with Crippen LogP contribution >= 0.6 is 11.6 Å². The van der Waals surface area contributed by atoms with Gasteiger partial charge in [-0.1, -0.05) is 30.9 Å². The SMILES string of the molecule is Cc1c2c(cc(Cl)c1C1(N)CCCCC1)OCO2. The largest absolute Gasteiger partial charge is 0.454 e. The van der Waals surface area contributed by atoms with Gasteiger partial charge < -0.3 is 15.2 Å². The quantitative estimate of drug-likeness (QED) is 0.847. The summed E-state index contributed by atoms with van der Waals surface area (Å²) in [6, 6.07) is 1.84. The van der Waals surface area contributed by atoms with E-state index in [9.17, 15) is 0 Å². The molecule has 0 bridgehead atoms. The van der Waals surface area contributed by atoms with E-state index >= 15 is 0 Å². The molecule has 1 fully saturated rings. The van der Waals surface area contributed by atoms with Crippen LogP contribution in [-0.4, -0.2) is 6.79 Å². The minimum absolute atomic E-state index is 0.271. The molecule has 1 aliphatic carbocycles. The standard InChI is InChI=1S/C14H18ClNO2/c1-9-12(14(16)5-3-2-4-6-14)10(15)7-11-13(9)18-8-17-11/h7H,2-6,8,16H2,1H3. The molecular formula is C14H18ClNO2. The summed E-state index contributed by atoms with van der Waals surface area (Å²) in [5.74, 6) is 1.55. The molecule has 0 radical (unpaired) electrons. The monoisotopic (exact) mass is 267 g/mol. The van der Waals surface area contributed by atoms with Gasteiger partial charge >= 0.3 is 0 Å². The molecule has 0 aromatic heterocycles. The van der Waals surface area contributed by atoms with Gasteiger partial charge in [-0.2, -0.15) is 0 Å². The molecule has 4 heteroatoms. The fraction of sp³-hybridized carbons (Fsp3) is 0.571. The molecule has 2 aliphatic rings. The number of hydrogen-bond acceptors (Lipinski definition) is 3. The van der Waals surface area contributed by atoms with Gasteiger partial charge in [0, 0.05) is 22.2 Å². The van der Waals surface area contributed by atoms with Crippen molar-refractivity contribution in [2.45, 2.75) is 44.6 Å².